The number of ether oxygens (including phenoxy) is 1. The molecule has 94 valence electrons. The molecule has 0 N–H and O–H groups in total. The molecule has 16 heavy (non-hydrogen) atoms. The number of hydrogen-bond donors (Lipinski definition) is 0. The van der Waals surface area contributed by atoms with Crippen LogP contribution in [0.1, 0.15) is 33.6 Å². The maximum Gasteiger partial charge on any atom is 0.0597 e. The molecule has 0 amide bonds. The molecule has 2 bridgehead atoms. The minimum atomic E-state index is 0.372. The normalized spacial score (nSPS) is 30.8. The van der Waals surface area contributed by atoms with Crippen molar-refractivity contribution in [1.29, 1.82) is 0 Å². The quantitative estimate of drug-likeness (QED) is 0.684. The fourth-order valence-corrected chi connectivity index (χ4v) is 3.07. The second-order valence-electron chi connectivity index (χ2n) is 5.45. The second kappa shape index (κ2) is 5.48. The van der Waals surface area contributed by atoms with Crippen molar-refractivity contribution in [2.75, 3.05) is 32.8 Å². The van der Waals surface area contributed by atoms with Gasteiger partial charge in [0.15, 0.2) is 0 Å². The molecule has 0 saturated carbocycles. The van der Waals surface area contributed by atoms with E-state index in [1.54, 1.807) is 0 Å². The summed E-state index contributed by atoms with van der Waals surface area (Å²) in [6.45, 7) is 12.4. The van der Waals surface area contributed by atoms with Gasteiger partial charge in [-0.05, 0) is 33.2 Å². The Hall–Kier alpha value is -0.120. The highest BCUT2D eigenvalue weighted by molar-refractivity contribution is 4.99. The third kappa shape index (κ3) is 2.76. The molecular weight excluding hydrogens is 200 g/mol. The summed E-state index contributed by atoms with van der Waals surface area (Å²) in [5, 5.41) is 0. The van der Waals surface area contributed by atoms with E-state index >= 15 is 0 Å². The standard InChI is InChI=1S/C13H26N2O/c1-4-5-14-9-13-8-12(14)10-15(13)6-7-16-11(2)3/h11-13H,4-10H2,1-3H3/t12-,13-/m0/s1. The van der Waals surface area contributed by atoms with Crippen LogP contribution in [0.15, 0.2) is 0 Å². The SMILES string of the molecule is CCCN1C[C@@H]2C[C@H]1CN2CCOC(C)C. The highest BCUT2D eigenvalue weighted by Crippen LogP contribution is 2.30. The molecule has 2 heterocycles. The molecular formula is C13H26N2O. The molecule has 2 atom stereocenters. The summed E-state index contributed by atoms with van der Waals surface area (Å²) >= 11 is 0. The van der Waals surface area contributed by atoms with Gasteiger partial charge in [-0.2, -0.15) is 0 Å². The zero-order chi connectivity index (χ0) is 11.5. The van der Waals surface area contributed by atoms with Crippen LogP contribution in [0.25, 0.3) is 0 Å². The van der Waals surface area contributed by atoms with Crippen LogP contribution in [-0.4, -0.2) is 60.8 Å². The van der Waals surface area contributed by atoms with E-state index in [-0.39, 0.29) is 0 Å². The summed E-state index contributed by atoms with van der Waals surface area (Å²) in [5.74, 6) is 0. The molecule has 2 aliphatic rings. The van der Waals surface area contributed by atoms with Crippen molar-refractivity contribution < 1.29 is 4.74 Å². The van der Waals surface area contributed by atoms with Crippen LogP contribution in [0.4, 0.5) is 0 Å². The fraction of sp³-hybridized carbons (Fsp3) is 1.00. The summed E-state index contributed by atoms with van der Waals surface area (Å²) in [6.07, 6.45) is 3.05. The molecule has 0 aromatic carbocycles. The highest BCUT2D eigenvalue weighted by Gasteiger charge is 2.42. The smallest absolute Gasteiger partial charge is 0.0597 e. The van der Waals surface area contributed by atoms with Crippen molar-refractivity contribution in [3.8, 4) is 0 Å². The average molecular weight is 226 g/mol. The second-order valence-corrected chi connectivity index (χ2v) is 5.45. The first-order chi connectivity index (χ1) is 7.70. The molecule has 3 nitrogen and oxygen atoms in total. The van der Waals surface area contributed by atoms with Crippen LogP contribution in [0.3, 0.4) is 0 Å². The molecule has 0 spiro atoms. The van der Waals surface area contributed by atoms with E-state index < -0.39 is 0 Å². The first kappa shape index (κ1) is 12.3. The lowest BCUT2D eigenvalue weighted by atomic mass is 10.2. The molecule has 2 aliphatic heterocycles. The third-order valence-corrected chi connectivity index (χ3v) is 3.81. The molecule has 0 aromatic heterocycles. The molecule has 2 fully saturated rings. The first-order valence-electron chi connectivity index (χ1n) is 6.80. The van der Waals surface area contributed by atoms with Gasteiger partial charge in [0.05, 0.1) is 12.7 Å². The number of nitrogens with zero attached hydrogens (tertiary/aromatic N) is 2. The zero-order valence-electron chi connectivity index (χ0n) is 11.0. The van der Waals surface area contributed by atoms with Crippen molar-refractivity contribution in [2.45, 2.75) is 51.8 Å². The van der Waals surface area contributed by atoms with Gasteiger partial charge in [0.2, 0.25) is 0 Å². The maximum atomic E-state index is 5.63. The van der Waals surface area contributed by atoms with Gasteiger partial charge in [-0.3, -0.25) is 9.80 Å². The van der Waals surface area contributed by atoms with E-state index in [0.717, 1.165) is 25.2 Å². The van der Waals surface area contributed by atoms with E-state index in [9.17, 15) is 0 Å². The van der Waals surface area contributed by atoms with Crippen LogP contribution in [0, 0.1) is 0 Å². The minimum Gasteiger partial charge on any atom is -0.377 e. The number of rotatable bonds is 6. The molecule has 0 aromatic rings. The van der Waals surface area contributed by atoms with Gasteiger partial charge in [0.1, 0.15) is 0 Å². The monoisotopic (exact) mass is 226 g/mol. The van der Waals surface area contributed by atoms with Gasteiger partial charge in [0, 0.05) is 31.7 Å². The van der Waals surface area contributed by atoms with E-state index in [1.165, 1.54) is 32.5 Å². The predicted molar refractivity (Wildman–Crippen MR) is 66.7 cm³/mol. The average Bonchev–Trinajstić information content (AvgIpc) is 2.77. The van der Waals surface area contributed by atoms with E-state index in [4.69, 9.17) is 4.74 Å². The lowest BCUT2D eigenvalue weighted by Gasteiger charge is -2.34. The molecule has 2 rings (SSSR count). The Morgan fingerprint density at radius 2 is 1.75 bits per heavy atom. The lowest BCUT2D eigenvalue weighted by Crippen LogP contribution is -2.47. The Morgan fingerprint density at radius 3 is 2.25 bits per heavy atom. The van der Waals surface area contributed by atoms with E-state index in [0.29, 0.717) is 6.10 Å². The van der Waals surface area contributed by atoms with Crippen molar-refractivity contribution in [3.05, 3.63) is 0 Å². The van der Waals surface area contributed by atoms with Crippen LogP contribution < -0.4 is 0 Å². The van der Waals surface area contributed by atoms with Gasteiger partial charge in [-0.1, -0.05) is 6.92 Å². The van der Waals surface area contributed by atoms with Gasteiger partial charge < -0.3 is 4.74 Å². The minimum absolute atomic E-state index is 0.372. The van der Waals surface area contributed by atoms with Crippen molar-refractivity contribution in [1.82, 2.24) is 9.80 Å². The molecule has 0 aliphatic carbocycles. The fourth-order valence-electron chi connectivity index (χ4n) is 3.07. The topological polar surface area (TPSA) is 15.7 Å². The Labute approximate surface area is 99.7 Å². The summed E-state index contributed by atoms with van der Waals surface area (Å²) < 4.78 is 5.63. The van der Waals surface area contributed by atoms with Crippen LogP contribution >= 0.6 is 0 Å². The Morgan fingerprint density at radius 1 is 1.12 bits per heavy atom. The number of hydrogen-bond acceptors (Lipinski definition) is 3. The molecule has 0 radical (unpaired) electrons. The van der Waals surface area contributed by atoms with Gasteiger partial charge in [-0.15, -0.1) is 0 Å². The van der Waals surface area contributed by atoms with Crippen molar-refractivity contribution in [2.24, 2.45) is 0 Å². The van der Waals surface area contributed by atoms with Crippen LogP contribution in [-0.2, 0) is 4.74 Å². The predicted octanol–water partition coefficient (Wildman–Crippen LogP) is 1.58. The van der Waals surface area contributed by atoms with Gasteiger partial charge in [0.25, 0.3) is 0 Å². The van der Waals surface area contributed by atoms with Gasteiger partial charge >= 0.3 is 0 Å². The molecule has 2 saturated heterocycles. The number of likely N-dealkylation sites (tertiary alicyclic amines) is 2. The van der Waals surface area contributed by atoms with Gasteiger partial charge in [-0.25, -0.2) is 0 Å². The Kier molecular flexibility index (Phi) is 4.22. The molecule has 0 unspecified atom stereocenters. The van der Waals surface area contributed by atoms with E-state index in [1.807, 2.05) is 0 Å². The number of fused-ring (bicyclic) bond motifs is 2. The summed E-state index contributed by atoms with van der Waals surface area (Å²) in [6, 6.07) is 1.65. The largest absolute Gasteiger partial charge is 0.377 e. The van der Waals surface area contributed by atoms with E-state index in [2.05, 4.69) is 30.6 Å². The highest BCUT2D eigenvalue weighted by atomic mass is 16.5. The number of piperazine rings is 1. The maximum absolute atomic E-state index is 5.63. The zero-order valence-corrected chi connectivity index (χ0v) is 11.0. The summed E-state index contributed by atoms with van der Waals surface area (Å²) in [4.78, 5) is 5.30. The summed E-state index contributed by atoms with van der Waals surface area (Å²) in [7, 11) is 0. The molecule has 3 heteroatoms. The first-order valence-corrected chi connectivity index (χ1v) is 6.80. The van der Waals surface area contributed by atoms with Crippen molar-refractivity contribution >= 4 is 0 Å². The van der Waals surface area contributed by atoms with Crippen LogP contribution in [0.2, 0.25) is 0 Å². The van der Waals surface area contributed by atoms with Crippen LogP contribution in [0.5, 0.6) is 0 Å². The lowest BCUT2D eigenvalue weighted by molar-refractivity contribution is 0.0430. The third-order valence-electron chi connectivity index (χ3n) is 3.81. The Balaban J connectivity index is 1.69. The summed E-state index contributed by atoms with van der Waals surface area (Å²) in [5.41, 5.74) is 0. The Bertz CT molecular complexity index is 220. The van der Waals surface area contributed by atoms with Crippen molar-refractivity contribution in [3.63, 3.8) is 0 Å².